The van der Waals surface area contributed by atoms with Crippen LogP contribution in [-0.2, 0) is 7.05 Å². The second kappa shape index (κ2) is 10.1. The van der Waals surface area contributed by atoms with E-state index in [2.05, 4.69) is 30.6 Å². The molecule has 0 aliphatic rings. The van der Waals surface area contributed by atoms with E-state index in [0.717, 1.165) is 0 Å². The summed E-state index contributed by atoms with van der Waals surface area (Å²) in [5.41, 5.74) is 2.12. The van der Waals surface area contributed by atoms with Crippen molar-refractivity contribution in [3.8, 4) is 17.5 Å². The van der Waals surface area contributed by atoms with Crippen molar-refractivity contribution in [2.45, 2.75) is 6.10 Å². The van der Waals surface area contributed by atoms with Crippen LogP contribution in [0.4, 0.5) is 16.2 Å². The van der Waals surface area contributed by atoms with Crippen LogP contribution in [0.5, 0.6) is 0 Å². The predicted octanol–water partition coefficient (Wildman–Crippen LogP) is 1.12. The van der Waals surface area contributed by atoms with Crippen LogP contribution < -0.4 is 21.7 Å². The molecule has 0 radical (unpaired) electrons. The number of para-hydroxylation sites is 1. The van der Waals surface area contributed by atoms with Gasteiger partial charge in [-0.05, 0) is 30.3 Å². The Bertz CT molecular complexity index is 1540. The van der Waals surface area contributed by atoms with Crippen LogP contribution in [0.2, 0.25) is 0 Å². The number of nitrogens with one attached hydrogen (secondary N) is 4. The minimum Gasteiger partial charge on any atom is -0.394 e. The van der Waals surface area contributed by atoms with Gasteiger partial charge in [0.25, 0.3) is 5.91 Å². The molecule has 1 unspecified atom stereocenters. The number of aromatic amines is 1. The maximum Gasteiger partial charge on any atom is 0.439 e. The van der Waals surface area contributed by atoms with Crippen LogP contribution in [0.25, 0.3) is 22.3 Å². The molecule has 0 fully saturated rings. The topological polar surface area (TPSA) is 198 Å². The number of nitriles is 1. The Kier molecular flexibility index (Phi) is 6.81. The fourth-order valence-corrected chi connectivity index (χ4v) is 3.63. The van der Waals surface area contributed by atoms with Crippen LogP contribution in [0, 0.1) is 11.3 Å². The van der Waals surface area contributed by atoms with E-state index < -0.39 is 30.4 Å². The number of benzene rings is 2. The average molecular weight is 491 g/mol. The largest absolute Gasteiger partial charge is 0.439 e. The first-order chi connectivity index (χ1) is 17.3. The molecule has 2 aromatic heterocycles. The van der Waals surface area contributed by atoms with E-state index in [1.54, 1.807) is 35.9 Å². The Morgan fingerprint density at radius 2 is 2.03 bits per heavy atom. The van der Waals surface area contributed by atoms with Crippen molar-refractivity contribution in [1.82, 2.24) is 20.0 Å². The van der Waals surface area contributed by atoms with Gasteiger partial charge in [-0.25, -0.2) is 9.59 Å². The van der Waals surface area contributed by atoms with E-state index in [0.29, 0.717) is 16.6 Å². The second-order valence-electron chi connectivity index (χ2n) is 7.77. The Morgan fingerprint density at radius 3 is 2.72 bits per heavy atom. The zero-order valence-electron chi connectivity index (χ0n) is 18.9. The van der Waals surface area contributed by atoms with Crippen LogP contribution >= 0.6 is 0 Å². The van der Waals surface area contributed by atoms with Gasteiger partial charge in [0, 0.05) is 24.5 Å². The second-order valence-corrected chi connectivity index (χ2v) is 7.77. The Morgan fingerprint density at radius 1 is 1.22 bits per heavy atom. The highest BCUT2D eigenvalue weighted by atomic mass is 16.5. The number of fused-ring (bicyclic) bond motifs is 1. The summed E-state index contributed by atoms with van der Waals surface area (Å²) < 4.78 is 6.15. The molecule has 1 atom stereocenters. The highest BCUT2D eigenvalue weighted by Crippen LogP contribution is 2.29. The number of hydrogen-bond acceptors (Lipinski definition) is 8. The summed E-state index contributed by atoms with van der Waals surface area (Å²) in [4.78, 5) is 39.3. The summed E-state index contributed by atoms with van der Waals surface area (Å²) in [7, 11) is 1.66. The molecule has 3 amide bonds. The molecular formula is C23H21N7O6. The summed E-state index contributed by atoms with van der Waals surface area (Å²) in [6, 6.07) is 12.7. The molecule has 36 heavy (non-hydrogen) atoms. The first-order valence-corrected chi connectivity index (χ1v) is 10.6. The third-order valence-electron chi connectivity index (χ3n) is 5.34. The maximum absolute atomic E-state index is 13.2. The number of rotatable bonds is 7. The summed E-state index contributed by atoms with van der Waals surface area (Å²) in [5.74, 6) is -1.23. The molecule has 4 aromatic rings. The molecule has 13 heteroatoms. The number of H-pyrrole nitrogens is 1. The van der Waals surface area contributed by atoms with Crippen molar-refractivity contribution in [3.05, 3.63) is 64.3 Å². The number of carbonyl (C=O) groups excluding carboxylic acids is 2. The molecule has 4 rings (SSSR count). The summed E-state index contributed by atoms with van der Waals surface area (Å²) in [5, 5.41) is 39.7. The highest BCUT2D eigenvalue weighted by Gasteiger charge is 2.19. The number of carbonyl (C=O) groups is 2. The normalized spacial score (nSPS) is 11.6. The zero-order valence-corrected chi connectivity index (χ0v) is 18.9. The molecule has 0 saturated heterocycles. The number of aliphatic hydroxyl groups excluding tert-OH is 2. The molecule has 0 aliphatic heterocycles. The van der Waals surface area contributed by atoms with Crippen LogP contribution in [0.3, 0.4) is 0 Å². The number of aliphatic hydroxyl groups is 2. The number of amides is 3. The van der Waals surface area contributed by atoms with Crippen molar-refractivity contribution < 1.29 is 24.3 Å². The van der Waals surface area contributed by atoms with Crippen LogP contribution in [0.1, 0.15) is 16.1 Å². The average Bonchev–Trinajstić information content (AvgIpc) is 3.46. The molecule has 2 heterocycles. The minimum atomic E-state index is -1.08. The quantitative estimate of drug-likeness (QED) is 0.221. The van der Waals surface area contributed by atoms with Gasteiger partial charge in [-0.3, -0.25) is 14.3 Å². The zero-order chi connectivity index (χ0) is 25.8. The standard InChI is InChI=1S/C23H21N7O6/c1-30-18(8-13-3-2-4-17(19(13)30)27-22(34)25-10-14(32)11-31)21(33)26-16-6-5-12(9-24)7-15(16)20-28-23(35)36-29-20/h2-8,14,31-32H,10-11H2,1H3,(H,26,33)(H2,25,27,34)(H,28,29,35). The van der Waals surface area contributed by atoms with Gasteiger partial charge in [0.1, 0.15) is 5.69 Å². The number of urea groups is 1. The van der Waals surface area contributed by atoms with Gasteiger partial charge < -0.3 is 30.7 Å². The van der Waals surface area contributed by atoms with Gasteiger partial charge in [0.15, 0.2) is 5.82 Å². The van der Waals surface area contributed by atoms with Gasteiger partial charge in [0.05, 0.1) is 41.2 Å². The first kappa shape index (κ1) is 24.2. The van der Waals surface area contributed by atoms with Gasteiger partial charge >= 0.3 is 11.8 Å². The molecule has 2 aromatic carbocycles. The third kappa shape index (κ3) is 4.94. The molecule has 0 aliphatic carbocycles. The minimum absolute atomic E-state index is 0.0493. The highest BCUT2D eigenvalue weighted by molar-refractivity contribution is 6.10. The number of nitrogens with zero attached hydrogens (tertiary/aromatic N) is 3. The van der Waals surface area contributed by atoms with Crippen molar-refractivity contribution >= 4 is 34.2 Å². The van der Waals surface area contributed by atoms with E-state index in [1.165, 1.54) is 18.2 Å². The van der Waals surface area contributed by atoms with E-state index in [9.17, 15) is 24.8 Å². The molecule has 0 bridgehead atoms. The SMILES string of the molecule is Cn1c(C(=O)Nc2ccc(C#N)cc2-c2noc(=O)[nH]2)cc2cccc(NC(=O)NCC(O)CO)c21. The van der Waals surface area contributed by atoms with Crippen molar-refractivity contribution in [2.75, 3.05) is 23.8 Å². The lowest BCUT2D eigenvalue weighted by molar-refractivity contribution is 0.0965. The van der Waals surface area contributed by atoms with Crippen LogP contribution in [-0.4, -0.2) is 56.1 Å². The number of hydrogen-bond donors (Lipinski definition) is 6. The number of aromatic nitrogens is 3. The van der Waals surface area contributed by atoms with Crippen molar-refractivity contribution in [1.29, 1.82) is 5.26 Å². The summed E-state index contributed by atoms with van der Waals surface area (Å²) in [6.45, 7) is -0.622. The van der Waals surface area contributed by atoms with Crippen LogP contribution in [0.15, 0.2) is 51.8 Å². The van der Waals surface area contributed by atoms with Crippen molar-refractivity contribution in [2.24, 2.45) is 7.05 Å². The number of aryl methyl sites for hydroxylation is 1. The first-order valence-electron chi connectivity index (χ1n) is 10.6. The van der Waals surface area contributed by atoms with E-state index >= 15 is 0 Å². The fourth-order valence-electron chi connectivity index (χ4n) is 3.63. The monoisotopic (exact) mass is 491 g/mol. The lowest BCUT2D eigenvalue weighted by Crippen LogP contribution is -2.36. The molecule has 13 nitrogen and oxygen atoms in total. The van der Waals surface area contributed by atoms with Gasteiger partial charge in [-0.1, -0.05) is 17.3 Å². The van der Waals surface area contributed by atoms with Gasteiger partial charge in [-0.2, -0.15) is 5.26 Å². The van der Waals surface area contributed by atoms with Gasteiger partial charge in [-0.15, -0.1) is 0 Å². The molecule has 184 valence electrons. The molecular weight excluding hydrogens is 470 g/mol. The smallest absolute Gasteiger partial charge is 0.394 e. The Hall–Kier alpha value is -4.93. The van der Waals surface area contributed by atoms with Gasteiger partial charge in [0.2, 0.25) is 0 Å². The third-order valence-corrected chi connectivity index (χ3v) is 5.34. The van der Waals surface area contributed by atoms with E-state index in [4.69, 9.17) is 5.11 Å². The summed E-state index contributed by atoms with van der Waals surface area (Å²) >= 11 is 0. The lowest BCUT2D eigenvalue weighted by atomic mass is 10.1. The van der Waals surface area contributed by atoms with E-state index in [-0.39, 0.29) is 34.9 Å². The maximum atomic E-state index is 13.2. The Balaban J connectivity index is 1.63. The Labute approximate surface area is 203 Å². The molecule has 0 saturated carbocycles. The summed E-state index contributed by atoms with van der Waals surface area (Å²) in [6.07, 6.45) is -1.08. The lowest BCUT2D eigenvalue weighted by Gasteiger charge is -2.13. The number of anilines is 2. The van der Waals surface area contributed by atoms with E-state index in [1.807, 2.05) is 6.07 Å². The van der Waals surface area contributed by atoms with Crippen molar-refractivity contribution in [3.63, 3.8) is 0 Å². The molecule has 6 N–H and O–H groups in total. The predicted molar refractivity (Wildman–Crippen MR) is 128 cm³/mol. The fraction of sp³-hybridized carbons (Fsp3) is 0.174. The molecule has 0 spiro atoms.